The van der Waals surface area contributed by atoms with E-state index in [0.717, 1.165) is 19.0 Å². The predicted molar refractivity (Wildman–Crippen MR) is 85.0 cm³/mol. The molecule has 1 aliphatic heterocycles. The molecular weight excluding hydrogens is 274 g/mol. The summed E-state index contributed by atoms with van der Waals surface area (Å²) < 4.78 is 0. The Morgan fingerprint density at radius 1 is 1.20 bits per heavy atom. The van der Waals surface area contributed by atoms with E-state index < -0.39 is 0 Å². The van der Waals surface area contributed by atoms with Gasteiger partial charge in [0.1, 0.15) is 0 Å². The Morgan fingerprint density at radius 3 is 2.30 bits per heavy atom. The molecule has 0 spiro atoms. The first-order valence-corrected chi connectivity index (χ1v) is 7.69. The van der Waals surface area contributed by atoms with Crippen molar-refractivity contribution in [3.8, 4) is 0 Å². The van der Waals surface area contributed by atoms with Crippen LogP contribution in [0.3, 0.4) is 0 Å². The molecule has 2 rings (SSSR count). The van der Waals surface area contributed by atoms with E-state index in [4.69, 9.17) is 5.73 Å². The Morgan fingerprint density at radius 2 is 1.80 bits per heavy atom. The minimum Gasteiger partial charge on any atom is -0.337 e. The summed E-state index contributed by atoms with van der Waals surface area (Å²) in [5.41, 5.74) is 6.15. The van der Waals surface area contributed by atoms with Crippen LogP contribution in [-0.4, -0.2) is 53.5 Å². The lowest BCUT2D eigenvalue weighted by molar-refractivity contribution is -0.135. The summed E-state index contributed by atoms with van der Waals surface area (Å²) in [4.78, 5) is 16.7. The summed E-state index contributed by atoms with van der Waals surface area (Å²) in [6, 6.07) is 0.908. The van der Waals surface area contributed by atoms with Crippen LogP contribution in [0.4, 0.5) is 0 Å². The van der Waals surface area contributed by atoms with E-state index >= 15 is 0 Å². The molecule has 1 saturated carbocycles. The number of halogens is 1. The smallest absolute Gasteiger partial charge is 0.237 e. The number of carbonyl (C=O) groups is 1. The third kappa shape index (κ3) is 3.66. The maximum Gasteiger partial charge on any atom is 0.237 e. The molecule has 0 radical (unpaired) electrons. The van der Waals surface area contributed by atoms with Crippen LogP contribution in [0.15, 0.2) is 0 Å². The quantitative estimate of drug-likeness (QED) is 0.860. The highest BCUT2D eigenvalue weighted by atomic mass is 35.5. The molecule has 0 bridgehead atoms. The zero-order valence-electron chi connectivity index (χ0n) is 13.2. The predicted octanol–water partition coefficient (Wildman–Crippen LogP) is 1.72. The van der Waals surface area contributed by atoms with Crippen molar-refractivity contribution in [1.29, 1.82) is 0 Å². The number of carbonyl (C=O) groups excluding carboxylic acids is 1. The minimum absolute atomic E-state index is 0. The largest absolute Gasteiger partial charge is 0.337 e. The number of fused-ring (bicyclic) bond motifs is 1. The van der Waals surface area contributed by atoms with E-state index in [-0.39, 0.29) is 30.4 Å². The number of hydrogen-bond donors (Lipinski definition) is 1. The van der Waals surface area contributed by atoms with Crippen LogP contribution < -0.4 is 5.73 Å². The van der Waals surface area contributed by atoms with Crippen molar-refractivity contribution >= 4 is 18.3 Å². The molecule has 20 heavy (non-hydrogen) atoms. The van der Waals surface area contributed by atoms with Crippen LogP contribution in [0.5, 0.6) is 0 Å². The van der Waals surface area contributed by atoms with E-state index in [1.807, 2.05) is 4.90 Å². The van der Waals surface area contributed by atoms with E-state index in [9.17, 15) is 4.79 Å². The lowest BCUT2D eigenvalue weighted by atomic mass is 9.98. The van der Waals surface area contributed by atoms with Crippen LogP contribution in [0.2, 0.25) is 0 Å². The number of rotatable bonds is 4. The van der Waals surface area contributed by atoms with E-state index in [2.05, 4.69) is 32.6 Å². The van der Waals surface area contributed by atoms with Crippen molar-refractivity contribution < 1.29 is 4.79 Å². The first kappa shape index (κ1) is 17.7. The highest BCUT2D eigenvalue weighted by Gasteiger charge is 2.41. The molecule has 0 aromatic rings. The monoisotopic (exact) mass is 303 g/mol. The van der Waals surface area contributed by atoms with E-state index in [1.165, 1.54) is 12.8 Å². The maximum absolute atomic E-state index is 12.4. The summed E-state index contributed by atoms with van der Waals surface area (Å²) in [5, 5.41) is 0. The average Bonchev–Trinajstić information content (AvgIpc) is 2.80. The van der Waals surface area contributed by atoms with Gasteiger partial charge in [-0.15, -0.1) is 12.4 Å². The summed E-state index contributed by atoms with van der Waals surface area (Å²) in [6.07, 6.45) is 2.41. The standard InChI is InChI=1S/C15H29N3O.ClH/c1-10(2)18(11(3)4)15(19)9-17-7-12-5-6-14(16)13(12)8-17;/h10-14H,5-9,16H2,1-4H3;1H. The number of nitrogens with two attached hydrogens (primary N) is 1. The molecule has 0 aromatic carbocycles. The van der Waals surface area contributed by atoms with Crippen molar-refractivity contribution in [2.75, 3.05) is 19.6 Å². The Balaban J connectivity index is 0.00000200. The highest BCUT2D eigenvalue weighted by Crippen LogP contribution is 2.36. The molecule has 2 N–H and O–H groups in total. The van der Waals surface area contributed by atoms with Gasteiger partial charge in [-0.2, -0.15) is 0 Å². The molecule has 3 unspecified atom stereocenters. The van der Waals surface area contributed by atoms with Gasteiger partial charge in [-0.25, -0.2) is 0 Å². The fourth-order valence-corrected chi connectivity index (χ4v) is 3.97. The second-order valence-electron chi connectivity index (χ2n) is 6.85. The lowest BCUT2D eigenvalue weighted by Gasteiger charge is -2.32. The first-order chi connectivity index (χ1) is 8.90. The normalized spacial score (nSPS) is 29.6. The number of nitrogens with zero attached hydrogens (tertiary/aromatic N) is 2. The van der Waals surface area contributed by atoms with Crippen LogP contribution >= 0.6 is 12.4 Å². The number of amides is 1. The second-order valence-corrected chi connectivity index (χ2v) is 6.85. The van der Waals surface area contributed by atoms with Crippen molar-refractivity contribution in [2.24, 2.45) is 17.6 Å². The molecule has 1 saturated heterocycles. The number of hydrogen-bond acceptors (Lipinski definition) is 3. The minimum atomic E-state index is 0. The molecule has 0 aromatic heterocycles. The van der Waals surface area contributed by atoms with Gasteiger partial charge in [-0.05, 0) is 52.4 Å². The van der Waals surface area contributed by atoms with Gasteiger partial charge in [0.15, 0.2) is 0 Å². The van der Waals surface area contributed by atoms with Crippen molar-refractivity contribution in [3.63, 3.8) is 0 Å². The fraction of sp³-hybridized carbons (Fsp3) is 0.933. The summed E-state index contributed by atoms with van der Waals surface area (Å²) in [7, 11) is 0. The molecule has 2 aliphatic rings. The highest BCUT2D eigenvalue weighted by molar-refractivity contribution is 5.85. The maximum atomic E-state index is 12.4. The SMILES string of the molecule is CC(C)N(C(=O)CN1CC2CCC(N)C2C1)C(C)C.Cl. The fourth-order valence-electron chi connectivity index (χ4n) is 3.97. The molecule has 1 heterocycles. The van der Waals surface area contributed by atoms with Crippen molar-refractivity contribution in [1.82, 2.24) is 9.80 Å². The summed E-state index contributed by atoms with van der Waals surface area (Å²) >= 11 is 0. The molecule has 5 heteroatoms. The van der Waals surface area contributed by atoms with Gasteiger partial charge < -0.3 is 10.6 Å². The first-order valence-electron chi connectivity index (χ1n) is 7.69. The van der Waals surface area contributed by atoms with E-state index in [0.29, 0.717) is 18.5 Å². The van der Waals surface area contributed by atoms with Gasteiger partial charge in [-0.1, -0.05) is 0 Å². The third-order valence-corrected chi connectivity index (χ3v) is 4.75. The lowest BCUT2D eigenvalue weighted by Crippen LogP contribution is -2.47. The van der Waals surface area contributed by atoms with Crippen LogP contribution in [0, 0.1) is 11.8 Å². The van der Waals surface area contributed by atoms with Crippen molar-refractivity contribution in [2.45, 2.75) is 58.7 Å². The summed E-state index contributed by atoms with van der Waals surface area (Å²) in [6.45, 7) is 11.0. The molecule has 118 valence electrons. The van der Waals surface area contributed by atoms with Crippen LogP contribution in [-0.2, 0) is 4.79 Å². The topological polar surface area (TPSA) is 49.6 Å². The van der Waals surface area contributed by atoms with E-state index in [1.54, 1.807) is 0 Å². The zero-order valence-corrected chi connectivity index (χ0v) is 14.0. The summed E-state index contributed by atoms with van der Waals surface area (Å²) in [5.74, 6) is 1.62. The Bertz CT molecular complexity index is 327. The molecule has 2 fully saturated rings. The molecular formula is C15H30ClN3O. The van der Waals surface area contributed by atoms with Gasteiger partial charge in [0, 0.05) is 31.2 Å². The third-order valence-electron chi connectivity index (χ3n) is 4.75. The zero-order chi connectivity index (χ0) is 14.2. The number of likely N-dealkylation sites (tertiary alicyclic amines) is 1. The molecule has 4 nitrogen and oxygen atoms in total. The van der Waals surface area contributed by atoms with Gasteiger partial charge in [0.05, 0.1) is 6.54 Å². The Hall–Kier alpha value is -0.320. The van der Waals surface area contributed by atoms with Gasteiger partial charge in [0.2, 0.25) is 5.91 Å². The Labute approximate surface area is 129 Å². The van der Waals surface area contributed by atoms with Crippen molar-refractivity contribution in [3.05, 3.63) is 0 Å². The van der Waals surface area contributed by atoms with Gasteiger partial charge in [0.25, 0.3) is 0 Å². The Kier molecular flexibility index (Phi) is 6.29. The second kappa shape index (κ2) is 7.10. The molecule has 3 atom stereocenters. The van der Waals surface area contributed by atoms with Gasteiger partial charge >= 0.3 is 0 Å². The van der Waals surface area contributed by atoms with Crippen LogP contribution in [0.25, 0.3) is 0 Å². The average molecular weight is 304 g/mol. The molecule has 1 amide bonds. The van der Waals surface area contributed by atoms with Crippen LogP contribution in [0.1, 0.15) is 40.5 Å². The van der Waals surface area contributed by atoms with Gasteiger partial charge in [-0.3, -0.25) is 9.69 Å². The molecule has 1 aliphatic carbocycles.